The average Bonchev–Trinajstić information content (AvgIpc) is 3.16. The zero-order chi connectivity index (χ0) is 16.4. The van der Waals surface area contributed by atoms with Gasteiger partial charge >= 0.3 is 0 Å². The Morgan fingerprint density at radius 3 is 2.91 bits per heavy atom. The zero-order valence-electron chi connectivity index (χ0n) is 12.1. The van der Waals surface area contributed by atoms with Crippen LogP contribution in [0.25, 0.3) is 10.6 Å². The van der Waals surface area contributed by atoms with E-state index < -0.39 is 11.7 Å². The number of thiazole rings is 1. The van der Waals surface area contributed by atoms with E-state index in [4.69, 9.17) is 0 Å². The summed E-state index contributed by atoms with van der Waals surface area (Å²) in [4.78, 5) is 18.6. The van der Waals surface area contributed by atoms with Gasteiger partial charge in [-0.25, -0.2) is 9.37 Å². The van der Waals surface area contributed by atoms with Crippen molar-refractivity contribution in [2.24, 2.45) is 0 Å². The van der Waals surface area contributed by atoms with Crippen molar-refractivity contribution in [3.8, 4) is 10.6 Å². The number of benzene rings is 1. The first-order valence-corrected chi connectivity index (χ1v) is 9.26. The lowest BCUT2D eigenvalue weighted by molar-refractivity contribution is 0.0947. The fourth-order valence-electron chi connectivity index (χ4n) is 2.02. The highest BCUT2D eigenvalue weighted by atomic mass is 79.9. The average molecular weight is 411 g/mol. The summed E-state index contributed by atoms with van der Waals surface area (Å²) in [5.74, 6) is -0.959. The first-order chi connectivity index (χ1) is 11.0. The molecule has 3 rings (SSSR count). The van der Waals surface area contributed by atoms with Crippen molar-refractivity contribution in [2.75, 3.05) is 0 Å². The van der Waals surface area contributed by atoms with Crippen molar-refractivity contribution in [3.05, 3.63) is 61.5 Å². The number of amides is 1. The molecule has 3 nitrogen and oxygen atoms in total. The number of hydrogen-bond acceptors (Lipinski definition) is 4. The van der Waals surface area contributed by atoms with Crippen molar-refractivity contribution in [3.63, 3.8) is 0 Å². The number of aryl methyl sites for hydroxylation is 1. The molecule has 1 aromatic carbocycles. The Morgan fingerprint density at radius 2 is 2.17 bits per heavy atom. The lowest BCUT2D eigenvalue weighted by Gasteiger charge is -2.05. The van der Waals surface area contributed by atoms with Crippen molar-refractivity contribution < 1.29 is 9.18 Å². The molecule has 7 heteroatoms. The van der Waals surface area contributed by atoms with Gasteiger partial charge in [-0.15, -0.1) is 22.7 Å². The quantitative estimate of drug-likeness (QED) is 0.656. The number of thiophene rings is 1. The molecule has 0 saturated heterocycles. The van der Waals surface area contributed by atoms with Crippen LogP contribution in [0.15, 0.2) is 40.2 Å². The maximum Gasteiger partial charge on any atom is 0.254 e. The number of rotatable bonds is 4. The summed E-state index contributed by atoms with van der Waals surface area (Å²) in [5.41, 5.74) is 0.986. The summed E-state index contributed by atoms with van der Waals surface area (Å²) >= 11 is 6.42. The van der Waals surface area contributed by atoms with Crippen LogP contribution in [0.1, 0.15) is 20.2 Å². The van der Waals surface area contributed by atoms with E-state index in [0.29, 0.717) is 11.0 Å². The van der Waals surface area contributed by atoms with Gasteiger partial charge in [-0.1, -0.05) is 15.9 Å². The number of aromatic nitrogens is 1. The summed E-state index contributed by atoms with van der Waals surface area (Å²) in [7, 11) is 0. The molecule has 0 aliphatic rings. The fraction of sp³-hybridized carbons (Fsp3) is 0.125. The number of carbonyl (C=O) groups is 1. The van der Waals surface area contributed by atoms with Crippen LogP contribution in [0.2, 0.25) is 0 Å². The Morgan fingerprint density at radius 1 is 1.35 bits per heavy atom. The van der Waals surface area contributed by atoms with Crippen LogP contribution in [0.5, 0.6) is 0 Å². The second-order valence-corrected chi connectivity index (χ2v) is 7.97. The van der Waals surface area contributed by atoms with Crippen molar-refractivity contribution in [1.29, 1.82) is 0 Å². The molecule has 0 bridgehead atoms. The molecule has 118 valence electrons. The molecule has 3 aromatic rings. The van der Waals surface area contributed by atoms with Gasteiger partial charge in [0.05, 0.1) is 27.7 Å². The van der Waals surface area contributed by atoms with E-state index in [1.54, 1.807) is 28.7 Å². The summed E-state index contributed by atoms with van der Waals surface area (Å²) < 4.78 is 14.4. The van der Waals surface area contributed by atoms with Gasteiger partial charge in [0.25, 0.3) is 5.91 Å². The number of carbonyl (C=O) groups excluding carboxylic acids is 1. The molecule has 0 unspecified atom stereocenters. The Kier molecular flexibility index (Phi) is 4.89. The van der Waals surface area contributed by atoms with E-state index in [1.165, 1.54) is 12.1 Å². The van der Waals surface area contributed by atoms with Crippen LogP contribution >= 0.6 is 38.6 Å². The SMILES string of the molecule is Cc1nc(-c2ccc(CNC(=O)c3cc(Br)ccc3F)s2)cs1. The normalized spacial score (nSPS) is 10.7. The second-order valence-electron chi connectivity index (χ2n) is 4.82. The maximum atomic E-state index is 13.7. The Labute approximate surface area is 149 Å². The number of hydrogen-bond donors (Lipinski definition) is 1. The minimum Gasteiger partial charge on any atom is -0.347 e. The molecule has 0 radical (unpaired) electrons. The standard InChI is InChI=1S/C16H12BrFN2OS2/c1-9-20-14(8-22-9)15-5-3-11(23-15)7-19-16(21)12-6-10(17)2-4-13(12)18/h2-6,8H,7H2,1H3,(H,19,21). The Bertz CT molecular complexity index is 859. The molecule has 0 aliphatic heterocycles. The van der Waals surface area contributed by atoms with E-state index in [1.807, 2.05) is 24.4 Å². The van der Waals surface area contributed by atoms with Crippen molar-refractivity contribution in [2.45, 2.75) is 13.5 Å². The van der Waals surface area contributed by atoms with Gasteiger partial charge in [0, 0.05) is 14.7 Å². The molecule has 0 atom stereocenters. The zero-order valence-corrected chi connectivity index (χ0v) is 15.3. The van der Waals surface area contributed by atoms with Gasteiger partial charge in [-0.3, -0.25) is 4.79 Å². The van der Waals surface area contributed by atoms with Gasteiger partial charge in [-0.05, 0) is 37.3 Å². The van der Waals surface area contributed by atoms with Crippen molar-refractivity contribution in [1.82, 2.24) is 10.3 Å². The number of nitrogens with one attached hydrogen (secondary N) is 1. The van der Waals surface area contributed by atoms with Gasteiger partial charge in [0.2, 0.25) is 0 Å². The lowest BCUT2D eigenvalue weighted by Crippen LogP contribution is -2.23. The second kappa shape index (κ2) is 6.90. The number of nitrogens with zero attached hydrogens (tertiary/aromatic N) is 1. The minimum absolute atomic E-state index is 0.0336. The monoisotopic (exact) mass is 410 g/mol. The van der Waals surface area contributed by atoms with E-state index in [-0.39, 0.29) is 5.56 Å². The third-order valence-corrected chi connectivity index (χ3v) is 5.50. The molecular weight excluding hydrogens is 399 g/mol. The van der Waals surface area contributed by atoms with E-state index >= 15 is 0 Å². The fourth-order valence-corrected chi connectivity index (χ4v) is 3.98. The molecular formula is C16H12BrFN2OS2. The molecule has 1 N–H and O–H groups in total. The topological polar surface area (TPSA) is 42.0 Å². The third-order valence-electron chi connectivity index (χ3n) is 3.13. The predicted molar refractivity (Wildman–Crippen MR) is 95.4 cm³/mol. The molecule has 2 aromatic heterocycles. The largest absolute Gasteiger partial charge is 0.347 e. The summed E-state index contributed by atoms with van der Waals surface area (Å²) in [6, 6.07) is 8.25. The summed E-state index contributed by atoms with van der Waals surface area (Å²) in [6.07, 6.45) is 0. The van der Waals surface area contributed by atoms with Crippen LogP contribution in [0.4, 0.5) is 4.39 Å². The predicted octanol–water partition coefficient (Wildman–Crippen LogP) is 5.01. The molecule has 0 aliphatic carbocycles. The van der Waals surface area contributed by atoms with Crippen molar-refractivity contribution >= 4 is 44.5 Å². The highest BCUT2D eigenvalue weighted by Crippen LogP contribution is 2.29. The van der Waals surface area contributed by atoms with Crippen LogP contribution < -0.4 is 5.32 Å². The van der Waals surface area contributed by atoms with Crippen LogP contribution in [0.3, 0.4) is 0 Å². The van der Waals surface area contributed by atoms with Gasteiger partial charge in [0.15, 0.2) is 0 Å². The summed E-state index contributed by atoms with van der Waals surface area (Å²) in [6.45, 7) is 2.33. The van der Waals surface area contributed by atoms with E-state index in [9.17, 15) is 9.18 Å². The van der Waals surface area contributed by atoms with Gasteiger partial charge in [0.1, 0.15) is 5.82 Å². The summed E-state index contributed by atoms with van der Waals surface area (Å²) in [5, 5.41) is 5.78. The lowest BCUT2D eigenvalue weighted by atomic mass is 10.2. The highest BCUT2D eigenvalue weighted by Gasteiger charge is 2.13. The van der Waals surface area contributed by atoms with E-state index in [0.717, 1.165) is 20.5 Å². The van der Waals surface area contributed by atoms with Crippen LogP contribution in [0, 0.1) is 12.7 Å². The Hall–Kier alpha value is -1.57. The van der Waals surface area contributed by atoms with Crippen LogP contribution in [-0.2, 0) is 6.54 Å². The van der Waals surface area contributed by atoms with Gasteiger partial charge < -0.3 is 5.32 Å². The first kappa shape index (κ1) is 16.3. The molecule has 23 heavy (non-hydrogen) atoms. The molecule has 0 spiro atoms. The minimum atomic E-state index is -0.532. The maximum absolute atomic E-state index is 13.7. The molecule has 0 saturated carbocycles. The van der Waals surface area contributed by atoms with Crippen LogP contribution in [-0.4, -0.2) is 10.9 Å². The highest BCUT2D eigenvalue weighted by molar-refractivity contribution is 9.10. The molecule has 1 amide bonds. The smallest absolute Gasteiger partial charge is 0.254 e. The number of halogens is 2. The molecule has 2 heterocycles. The van der Waals surface area contributed by atoms with E-state index in [2.05, 4.69) is 26.2 Å². The first-order valence-electron chi connectivity index (χ1n) is 6.77. The van der Waals surface area contributed by atoms with Gasteiger partial charge in [-0.2, -0.15) is 0 Å². The Balaban J connectivity index is 1.68. The molecule has 0 fully saturated rings. The third kappa shape index (κ3) is 3.85.